The van der Waals surface area contributed by atoms with Crippen molar-refractivity contribution >= 4 is 5.91 Å². The molecule has 22 heavy (non-hydrogen) atoms. The maximum absolute atomic E-state index is 11.8. The predicted octanol–water partition coefficient (Wildman–Crippen LogP) is 1.32. The van der Waals surface area contributed by atoms with Crippen LogP contribution in [0, 0.1) is 0 Å². The summed E-state index contributed by atoms with van der Waals surface area (Å²) in [6.07, 6.45) is 7.09. The van der Waals surface area contributed by atoms with Gasteiger partial charge in [0.15, 0.2) is 0 Å². The number of aromatic nitrogens is 3. The van der Waals surface area contributed by atoms with Crippen LogP contribution in [0.25, 0.3) is 0 Å². The molecule has 3 rings (SSSR count). The number of aryl methyl sites for hydroxylation is 1. The maximum atomic E-state index is 11.8. The molecule has 0 saturated carbocycles. The van der Waals surface area contributed by atoms with Crippen molar-refractivity contribution in [2.24, 2.45) is 0 Å². The molecule has 1 amide bonds. The number of likely N-dealkylation sites (N-methyl/N-ethyl adjacent to an activating group) is 1. The SMILES string of the molecule is CCNC(=O)CN1CCCC(c2nnc3n2CCCCC3)C1. The number of nitrogens with zero attached hydrogens (tertiary/aromatic N) is 4. The molecule has 0 radical (unpaired) electrons. The molecule has 1 aromatic heterocycles. The Balaban J connectivity index is 1.67. The number of hydrogen-bond acceptors (Lipinski definition) is 4. The summed E-state index contributed by atoms with van der Waals surface area (Å²) in [5.41, 5.74) is 0. The summed E-state index contributed by atoms with van der Waals surface area (Å²) in [6.45, 7) is 6.16. The van der Waals surface area contributed by atoms with Gasteiger partial charge in [-0.1, -0.05) is 6.42 Å². The summed E-state index contributed by atoms with van der Waals surface area (Å²) in [6, 6.07) is 0. The lowest BCUT2D eigenvalue weighted by atomic mass is 9.97. The van der Waals surface area contributed by atoms with E-state index in [1.807, 2.05) is 6.92 Å². The monoisotopic (exact) mass is 305 g/mol. The van der Waals surface area contributed by atoms with Crippen LogP contribution in [0.1, 0.15) is 56.6 Å². The van der Waals surface area contributed by atoms with Crippen molar-refractivity contribution in [3.8, 4) is 0 Å². The third-order valence-electron chi connectivity index (χ3n) is 4.75. The molecular formula is C16H27N5O. The standard InChI is InChI=1S/C16H27N5O/c1-2-17-15(22)12-20-9-6-7-13(11-20)16-19-18-14-8-4-3-5-10-21(14)16/h13H,2-12H2,1H3,(H,17,22). The Morgan fingerprint density at radius 1 is 1.23 bits per heavy atom. The highest BCUT2D eigenvalue weighted by Crippen LogP contribution is 2.27. The third kappa shape index (κ3) is 3.48. The fourth-order valence-electron chi connectivity index (χ4n) is 3.68. The van der Waals surface area contributed by atoms with Crippen molar-refractivity contribution in [1.29, 1.82) is 0 Å². The molecule has 1 unspecified atom stereocenters. The highest BCUT2D eigenvalue weighted by Gasteiger charge is 2.28. The summed E-state index contributed by atoms with van der Waals surface area (Å²) in [5.74, 6) is 2.86. The van der Waals surface area contributed by atoms with Crippen molar-refractivity contribution < 1.29 is 4.79 Å². The number of fused-ring (bicyclic) bond motifs is 1. The van der Waals surface area contributed by atoms with Crippen molar-refractivity contribution in [3.05, 3.63) is 11.6 Å². The van der Waals surface area contributed by atoms with Gasteiger partial charge in [0.25, 0.3) is 0 Å². The van der Waals surface area contributed by atoms with Crippen LogP contribution in [0.2, 0.25) is 0 Å². The molecule has 1 atom stereocenters. The Morgan fingerprint density at radius 3 is 3.00 bits per heavy atom. The van der Waals surface area contributed by atoms with Gasteiger partial charge in [-0.2, -0.15) is 0 Å². The zero-order valence-corrected chi connectivity index (χ0v) is 13.6. The molecule has 2 aliphatic heterocycles. The van der Waals surface area contributed by atoms with Gasteiger partial charge < -0.3 is 9.88 Å². The normalized spacial score (nSPS) is 22.9. The van der Waals surface area contributed by atoms with Crippen molar-refractivity contribution in [3.63, 3.8) is 0 Å². The van der Waals surface area contributed by atoms with Crippen molar-refractivity contribution in [2.75, 3.05) is 26.2 Å². The highest BCUT2D eigenvalue weighted by molar-refractivity contribution is 5.77. The summed E-state index contributed by atoms with van der Waals surface area (Å²) >= 11 is 0. The Bertz CT molecular complexity index is 513. The number of piperidine rings is 1. The molecule has 6 heteroatoms. The minimum atomic E-state index is 0.128. The quantitative estimate of drug-likeness (QED) is 0.911. The number of hydrogen-bond donors (Lipinski definition) is 1. The lowest BCUT2D eigenvalue weighted by Gasteiger charge is -2.31. The first kappa shape index (κ1) is 15.5. The fourth-order valence-corrected chi connectivity index (χ4v) is 3.68. The summed E-state index contributed by atoms with van der Waals surface area (Å²) in [5, 5.41) is 11.8. The molecule has 0 spiro atoms. The van der Waals surface area contributed by atoms with E-state index in [-0.39, 0.29) is 5.91 Å². The van der Waals surface area contributed by atoms with Crippen LogP contribution in [0.4, 0.5) is 0 Å². The van der Waals surface area contributed by atoms with Gasteiger partial charge in [0, 0.05) is 32.0 Å². The Hall–Kier alpha value is -1.43. The second-order valence-corrected chi connectivity index (χ2v) is 6.46. The molecule has 0 aromatic carbocycles. The van der Waals surface area contributed by atoms with Crippen LogP contribution in [0.3, 0.4) is 0 Å². The minimum Gasteiger partial charge on any atom is -0.355 e. The molecule has 3 heterocycles. The van der Waals surface area contributed by atoms with Gasteiger partial charge in [-0.25, -0.2) is 0 Å². The van der Waals surface area contributed by atoms with E-state index >= 15 is 0 Å². The Labute approximate surface area is 132 Å². The largest absolute Gasteiger partial charge is 0.355 e. The Morgan fingerprint density at radius 2 is 2.14 bits per heavy atom. The van der Waals surface area contributed by atoms with Gasteiger partial charge in [0.05, 0.1) is 6.54 Å². The highest BCUT2D eigenvalue weighted by atomic mass is 16.2. The number of likely N-dealkylation sites (tertiary alicyclic amines) is 1. The molecule has 2 aliphatic rings. The maximum Gasteiger partial charge on any atom is 0.234 e. The number of nitrogens with one attached hydrogen (secondary N) is 1. The average molecular weight is 305 g/mol. The van der Waals surface area contributed by atoms with E-state index in [0.717, 1.165) is 50.5 Å². The topological polar surface area (TPSA) is 63.1 Å². The average Bonchev–Trinajstić information content (AvgIpc) is 2.76. The lowest BCUT2D eigenvalue weighted by molar-refractivity contribution is -0.122. The van der Waals surface area contributed by atoms with Crippen LogP contribution in [0.15, 0.2) is 0 Å². The summed E-state index contributed by atoms with van der Waals surface area (Å²) in [7, 11) is 0. The van der Waals surface area contributed by atoms with Crippen LogP contribution in [-0.2, 0) is 17.8 Å². The molecule has 1 aromatic rings. The first-order chi connectivity index (χ1) is 10.8. The number of carbonyl (C=O) groups is 1. The molecular weight excluding hydrogens is 278 g/mol. The second-order valence-electron chi connectivity index (χ2n) is 6.46. The van der Waals surface area contributed by atoms with Gasteiger partial charge in [-0.3, -0.25) is 9.69 Å². The van der Waals surface area contributed by atoms with Gasteiger partial charge >= 0.3 is 0 Å². The third-order valence-corrected chi connectivity index (χ3v) is 4.75. The number of carbonyl (C=O) groups excluding carboxylic acids is 1. The van der Waals surface area contributed by atoms with E-state index in [4.69, 9.17) is 0 Å². The van der Waals surface area contributed by atoms with E-state index in [2.05, 4.69) is 25.0 Å². The van der Waals surface area contributed by atoms with E-state index in [1.165, 1.54) is 19.3 Å². The van der Waals surface area contributed by atoms with Crippen LogP contribution in [-0.4, -0.2) is 51.8 Å². The zero-order valence-electron chi connectivity index (χ0n) is 13.6. The van der Waals surface area contributed by atoms with E-state index < -0.39 is 0 Å². The van der Waals surface area contributed by atoms with Gasteiger partial charge in [0.2, 0.25) is 5.91 Å². The van der Waals surface area contributed by atoms with E-state index in [1.54, 1.807) is 0 Å². The van der Waals surface area contributed by atoms with Crippen LogP contribution < -0.4 is 5.32 Å². The fraction of sp³-hybridized carbons (Fsp3) is 0.812. The van der Waals surface area contributed by atoms with Gasteiger partial charge in [-0.15, -0.1) is 10.2 Å². The van der Waals surface area contributed by atoms with Crippen LogP contribution >= 0.6 is 0 Å². The molecule has 122 valence electrons. The predicted molar refractivity (Wildman–Crippen MR) is 84.7 cm³/mol. The van der Waals surface area contributed by atoms with Crippen LogP contribution in [0.5, 0.6) is 0 Å². The lowest BCUT2D eigenvalue weighted by Crippen LogP contribution is -2.42. The zero-order chi connectivity index (χ0) is 15.4. The van der Waals surface area contributed by atoms with Gasteiger partial charge in [-0.05, 0) is 39.2 Å². The molecule has 6 nitrogen and oxygen atoms in total. The Kier molecular flexibility index (Phi) is 5.08. The minimum absolute atomic E-state index is 0.128. The first-order valence-corrected chi connectivity index (χ1v) is 8.69. The number of rotatable bonds is 4. The van der Waals surface area contributed by atoms with Crippen molar-refractivity contribution in [1.82, 2.24) is 25.0 Å². The van der Waals surface area contributed by atoms with Gasteiger partial charge in [0.1, 0.15) is 11.6 Å². The summed E-state index contributed by atoms with van der Waals surface area (Å²) < 4.78 is 2.35. The molecule has 0 aliphatic carbocycles. The first-order valence-electron chi connectivity index (χ1n) is 8.69. The molecule has 0 bridgehead atoms. The van der Waals surface area contributed by atoms with E-state index in [9.17, 15) is 4.79 Å². The molecule has 1 N–H and O–H groups in total. The number of amides is 1. The second kappa shape index (κ2) is 7.22. The van der Waals surface area contributed by atoms with E-state index in [0.29, 0.717) is 19.0 Å². The molecule has 1 saturated heterocycles. The summed E-state index contributed by atoms with van der Waals surface area (Å²) in [4.78, 5) is 14.1. The molecule has 1 fully saturated rings. The smallest absolute Gasteiger partial charge is 0.234 e. The van der Waals surface area contributed by atoms with Crippen molar-refractivity contribution in [2.45, 2.75) is 57.9 Å².